The maximum Gasteiger partial charge on any atom is 0.143 e. The number of halogens is 1. The lowest BCUT2D eigenvalue weighted by Gasteiger charge is -2.41. The number of ketones is 1. The third-order valence-corrected chi connectivity index (χ3v) is 6.11. The summed E-state index contributed by atoms with van der Waals surface area (Å²) in [6.45, 7) is 0. The lowest BCUT2D eigenvalue weighted by Crippen LogP contribution is -2.42. The van der Waals surface area contributed by atoms with Crippen molar-refractivity contribution in [3.05, 3.63) is 89.0 Å². The fourth-order valence-corrected chi connectivity index (χ4v) is 4.70. The zero-order valence-corrected chi connectivity index (χ0v) is 15.6. The summed E-state index contributed by atoms with van der Waals surface area (Å²) in [5, 5.41) is 4.56. The van der Waals surface area contributed by atoms with Crippen LogP contribution in [0.2, 0.25) is 0 Å². The number of nitrogens with zero attached hydrogens (tertiary/aromatic N) is 2. The van der Waals surface area contributed by atoms with Gasteiger partial charge in [0.05, 0.1) is 23.0 Å². The van der Waals surface area contributed by atoms with Crippen molar-refractivity contribution in [3.63, 3.8) is 0 Å². The summed E-state index contributed by atoms with van der Waals surface area (Å²) in [6.07, 6.45) is 7.93. The van der Waals surface area contributed by atoms with Gasteiger partial charge in [-0.15, -0.1) is 0 Å². The highest BCUT2D eigenvalue weighted by atomic mass is 19.1. The average Bonchev–Trinajstić information content (AvgIpc) is 3.11. The molecule has 140 valence electrons. The zero-order valence-electron chi connectivity index (χ0n) is 15.6. The van der Waals surface area contributed by atoms with Crippen LogP contribution in [0.1, 0.15) is 36.1 Å². The molecule has 0 unspecified atom stereocenters. The van der Waals surface area contributed by atoms with Crippen LogP contribution in [0.25, 0.3) is 11.8 Å². The normalized spacial score (nSPS) is 21.0. The summed E-state index contributed by atoms with van der Waals surface area (Å²) >= 11 is 0. The molecule has 0 radical (unpaired) electrons. The van der Waals surface area contributed by atoms with Crippen LogP contribution >= 0.6 is 0 Å². The van der Waals surface area contributed by atoms with Crippen molar-refractivity contribution in [1.29, 1.82) is 0 Å². The Morgan fingerprint density at radius 3 is 2.61 bits per heavy atom. The van der Waals surface area contributed by atoms with Crippen LogP contribution in [0.15, 0.2) is 66.4 Å². The van der Waals surface area contributed by atoms with E-state index in [9.17, 15) is 9.18 Å². The molecule has 1 aromatic heterocycles. The van der Waals surface area contributed by atoms with Gasteiger partial charge in [0.1, 0.15) is 11.6 Å². The first kappa shape index (κ1) is 17.1. The second-order valence-corrected chi connectivity index (χ2v) is 7.81. The van der Waals surface area contributed by atoms with E-state index in [0.29, 0.717) is 18.6 Å². The molecular weight excluding hydrogens is 351 g/mol. The van der Waals surface area contributed by atoms with Crippen molar-refractivity contribution in [2.45, 2.75) is 32.1 Å². The Labute approximate surface area is 163 Å². The van der Waals surface area contributed by atoms with Gasteiger partial charge >= 0.3 is 0 Å². The second-order valence-electron chi connectivity index (χ2n) is 7.81. The minimum Gasteiger partial charge on any atom is -0.299 e. The maximum absolute atomic E-state index is 13.3. The Morgan fingerprint density at radius 1 is 1.04 bits per heavy atom. The summed E-state index contributed by atoms with van der Waals surface area (Å²) in [4.78, 5) is 13.2. The van der Waals surface area contributed by atoms with E-state index < -0.39 is 5.41 Å². The number of fused-ring (bicyclic) bond motifs is 2. The Bertz CT molecular complexity index is 1070. The lowest BCUT2D eigenvalue weighted by atomic mass is 9.61. The molecule has 3 aromatic rings. The number of benzene rings is 2. The molecule has 5 rings (SSSR count). The van der Waals surface area contributed by atoms with Crippen LogP contribution in [0.4, 0.5) is 4.39 Å². The summed E-state index contributed by atoms with van der Waals surface area (Å²) in [6, 6.07) is 16.6. The highest BCUT2D eigenvalue weighted by Gasteiger charge is 2.46. The highest BCUT2D eigenvalue weighted by molar-refractivity contribution is 5.92. The maximum atomic E-state index is 13.3. The average molecular weight is 372 g/mol. The number of rotatable bonds is 3. The van der Waals surface area contributed by atoms with Crippen LogP contribution in [0.5, 0.6) is 0 Å². The topological polar surface area (TPSA) is 34.9 Å². The van der Waals surface area contributed by atoms with E-state index in [0.717, 1.165) is 36.2 Å². The van der Waals surface area contributed by atoms with E-state index in [1.165, 1.54) is 23.3 Å². The van der Waals surface area contributed by atoms with Gasteiger partial charge in [-0.25, -0.2) is 9.07 Å². The van der Waals surface area contributed by atoms with Crippen molar-refractivity contribution >= 4 is 11.9 Å². The summed E-state index contributed by atoms with van der Waals surface area (Å²) < 4.78 is 15.2. The van der Waals surface area contributed by atoms with Crippen LogP contribution in [0, 0.1) is 11.2 Å². The standard InChI is InChI=1S/C24H21FN2O/c25-20-9-11-21(12-10-20)27-22-13-19-7-4-8-23(28)24(19,15-18(22)16-26-27)14-17-5-2-1-3-6-17/h1-3,5-6,9-13,16H,4,7-8,14-15H2/t24-/m0/s1. The van der Waals surface area contributed by atoms with Gasteiger partial charge in [0.25, 0.3) is 0 Å². The first-order chi connectivity index (χ1) is 13.7. The molecule has 1 saturated carbocycles. The second kappa shape index (κ2) is 6.55. The number of hydrogen-bond donors (Lipinski definition) is 0. The van der Waals surface area contributed by atoms with Gasteiger partial charge in [-0.3, -0.25) is 4.79 Å². The molecule has 0 spiro atoms. The summed E-state index contributed by atoms with van der Waals surface area (Å²) in [5.74, 6) is 0.0805. The van der Waals surface area contributed by atoms with Gasteiger partial charge in [0.2, 0.25) is 0 Å². The Hall–Kier alpha value is -3.01. The largest absolute Gasteiger partial charge is 0.299 e. The molecule has 0 aliphatic heterocycles. The monoisotopic (exact) mass is 372 g/mol. The van der Waals surface area contributed by atoms with Gasteiger partial charge in [-0.2, -0.15) is 5.10 Å². The third-order valence-electron chi connectivity index (χ3n) is 6.11. The van der Waals surface area contributed by atoms with E-state index in [-0.39, 0.29) is 5.82 Å². The van der Waals surface area contributed by atoms with E-state index in [1.54, 1.807) is 12.1 Å². The fourth-order valence-electron chi connectivity index (χ4n) is 4.70. The Balaban J connectivity index is 1.59. The predicted molar refractivity (Wildman–Crippen MR) is 107 cm³/mol. The molecule has 1 fully saturated rings. The molecule has 2 aliphatic carbocycles. The number of Topliss-reactive ketones (excluding diaryl/α,β-unsaturated/α-hetero) is 1. The van der Waals surface area contributed by atoms with Gasteiger partial charge < -0.3 is 0 Å². The first-order valence-electron chi connectivity index (χ1n) is 9.77. The summed E-state index contributed by atoms with van der Waals surface area (Å²) in [5.41, 5.74) is 4.88. The minimum atomic E-state index is -0.455. The van der Waals surface area contributed by atoms with Crippen LogP contribution in [-0.2, 0) is 17.6 Å². The van der Waals surface area contributed by atoms with Crippen LogP contribution < -0.4 is 0 Å². The number of allylic oxidation sites excluding steroid dienone is 1. The first-order valence-corrected chi connectivity index (χ1v) is 9.77. The molecule has 4 heteroatoms. The minimum absolute atomic E-state index is 0.261. The van der Waals surface area contributed by atoms with Crippen molar-refractivity contribution in [3.8, 4) is 5.69 Å². The van der Waals surface area contributed by atoms with E-state index in [1.807, 2.05) is 29.1 Å². The predicted octanol–water partition coefficient (Wildman–Crippen LogP) is 4.93. The van der Waals surface area contributed by atoms with Crippen LogP contribution in [-0.4, -0.2) is 15.6 Å². The van der Waals surface area contributed by atoms with Gasteiger partial charge in [-0.05, 0) is 67.2 Å². The SMILES string of the molecule is O=C1CCCC2=Cc3c(cnn3-c3ccc(F)cc3)C[C@]12Cc1ccccc1. The molecule has 0 amide bonds. The molecule has 1 heterocycles. The Morgan fingerprint density at radius 2 is 1.82 bits per heavy atom. The molecule has 3 nitrogen and oxygen atoms in total. The zero-order chi connectivity index (χ0) is 19.1. The highest BCUT2D eigenvalue weighted by Crippen LogP contribution is 2.48. The quantitative estimate of drug-likeness (QED) is 0.653. The molecular formula is C24H21FN2O. The van der Waals surface area contributed by atoms with Crippen molar-refractivity contribution in [2.75, 3.05) is 0 Å². The molecule has 1 atom stereocenters. The number of carbonyl (C=O) groups excluding carboxylic acids is 1. The molecule has 2 aliphatic rings. The lowest BCUT2D eigenvalue weighted by molar-refractivity contribution is -0.128. The fraction of sp³-hybridized carbons (Fsp3) is 0.250. The van der Waals surface area contributed by atoms with E-state index >= 15 is 0 Å². The number of hydrogen-bond acceptors (Lipinski definition) is 2. The molecule has 28 heavy (non-hydrogen) atoms. The number of aromatic nitrogens is 2. The van der Waals surface area contributed by atoms with Crippen molar-refractivity contribution in [1.82, 2.24) is 9.78 Å². The van der Waals surface area contributed by atoms with E-state index in [2.05, 4.69) is 23.3 Å². The Kier molecular flexibility index (Phi) is 4.00. The third kappa shape index (κ3) is 2.71. The molecule has 2 aromatic carbocycles. The van der Waals surface area contributed by atoms with Gasteiger partial charge in [0, 0.05) is 6.42 Å². The molecule has 0 N–H and O–H groups in total. The number of carbonyl (C=O) groups is 1. The van der Waals surface area contributed by atoms with Crippen molar-refractivity contribution < 1.29 is 9.18 Å². The van der Waals surface area contributed by atoms with E-state index in [4.69, 9.17) is 0 Å². The summed E-state index contributed by atoms with van der Waals surface area (Å²) in [7, 11) is 0. The molecule has 0 saturated heterocycles. The van der Waals surface area contributed by atoms with Gasteiger partial charge in [-0.1, -0.05) is 35.9 Å². The van der Waals surface area contributed by atoms with Gasteiger partial charge in [0.15, 0.2) is 0 Å². The molecule has 0 bridgehead atoms. The smallest absolute Gasteiger partial charge is 0.143 e. The van der Waals surface area contributed by atoms with Crippen LogP contribution in [0.3, 0.4) is 0 Å². The van der Waals surface area contributed by atoms with Crippen molar-refractivity contribution in [2.24, 2.45) is 5.41 Å².